The van der Waals surface area contributed by atoms with Gasteiger partial charge < -0.3 is 4.90 Å². The summed E-state index contributed by atoms with van der Waals surface area (Å²) in [5.41, 5.74) is 1.94. The number of halogens is 3. The minimum absolute atomic E-state index is 0.0496. The van der Waals surface area contributed by atoms with Crippen LogP contribution in [-0.2, 0) is 6.54 Å². The molecule has 1 aliphatic heterocycles. The van der Waals surface area contributed by atoms with E-state index in [1.165, 1.54) is 0 Å². The largest absolute Gasteiger partial charge is 0.406 e. The summed E-state index contributed by atoms with van der Waals surface area (Å²) in [5.74, 6) is -0.531. The number of hydrogen-bond acceptors (Lipinski definition) is 1. The lowest BCUT2D eigenvalue weighted by atomic mass is 10.1. The minimum atomic E-state index is -4.34. The number of aryl methyl sites for hydroxylation is 1. The highest BCUT2D eigenvalue weighted by Gasteiger charge is 2.37. The van der Waals surface area contributed by atoms with Crippen LogP contribution in [0.1, 0.15) is 21.5 Å². The molecule has 1 aliphatic rings. The van der Waals surface area contributed by atoms with E-state index >= 15 is 0 Å². The van der Waals surface area contributed by atoms with Crippen molar-refractivity contribution in [3.63, 3.8) is 0 Å². The first-order chi connectivity index (χ1) is 7.37. The van der Waals surface area contributed by atoms with Crippen LogP contribution in [-0.4, -0.2) is 23.5 Å². The fourth-order valence-corrected chi connectivity index (χ4v) is 1.82. The molecule has 0 aromatic heterocycles. The van der Waals surface area contributed by atoms with Crippen LogP contribution >= 0.6 is 0 Å². The van der Waals surface area contributed by atoms with E-state index in [0.717, 1.165) is 10.5 Å². The number of rotatable bonds is 1. The number of benzene rings is 1. The van der Waals surface area contributed by atoms with Crippen LogP contribution in [0.15, 0.2) is 18.2 Å². The molecule has 1 aromatic rings. The molecular formula is C11H10F3NO. The number of carbonyl (C=O) groups is 1. The maximum atomic E-state index is 12.2. The van der Waals surface area contributed by atoms with Crippen LogP contribution in [0, 0.1) is 6.92 Å². The normalized spacial score (nSPS) is 15.5. The van der Waals surface area contributed by atoms with Gasteiger partial charge in [-0.25, -0.2) is 0 Å². The third-order valence-electron chi connectivity index (χ3n) is 2.51. The third kappa shape index (κ3) is 2.03. The van der Waals surface area contributed by atoms with Crippen LogP contribution in [0.25, 0.3) is 0 Å². The second-order valence-electron chi connectivity index (χ2n) is 3.94. The van der Waals surface area contributed by atoms with E-state index in [4.69, 9.17) is 0 Å². The van der Waals surface area contributed by atoms with E-state index in [1.54, 1.807) is 25.1 Å². The molecule has 0 aliphatic carbocycles. The molecule has 2 nitrogen and oxygen atoms in total. The number of fused-ring (bicyclic) bond motifs is 1. The second-order valence-corrected chi connectivity index (χ2v) is 3.94. The molecule has 16 heavy (non-hydrogen) atoms. The monoisotopic (exact) mass is 229 g/mol. The Morgan fingerprint density at radius 2 is 2.06 bits per heavy atom. The van der Waals surface area contributed by atoms with Crippen molar-refractivity contribution >= 4 is 5.91 Å². The molecule has 0 unspecified atom stereocenters. The lowest BCUT2D eigenvalue weighted by Crippen LogP contribution is -2.34. The number of alkyl halides is 3. The summed E-state index contributed by atoms with van der Waals surface area (Å²) < 4.78 is 36.6. The Kier molecular flexibility index (Phi) is 2.40. The molecule has 0 spiro atoms. The Hall–Kier alpha value is -1.52. The summed E-state index contributed by atoms with van der Waals surface area (Å²) in [6, 6.07) is 5.14. The Bertz CT molecular complexity index is 439. The lowest BCUT2D eigenvalue weighted by Gasteiger charge is -2.17. The standard InChI is InChI=1S/C11H10F3NO/c1-7-2-3-8-5-15(6-11(12,13)14)10(16)9(8)4-7/h2-4H,5-6H2,1H3. The van der Waals surface area contributed by atoms with Gasteiger partial charge >= 0.3 is 6.18 Å². The molecule has 0 atom stereocenters. The van der Waals surface area contributed by atoms with Gasteiger partial charge in [0.25, 0.3) is 5.91 Å². The van der Waals surface area contributed by atoms with E-state index < -0.39 is 18.6 Å². The fourth-order valence-electron chi connectivity index (χ4n) is 1.82. The molecule has 0 saturated heterocycles. The van der Waals surface area contributed by atoms with Crippen molar-refractivity contribution in [2.45, 2.75) is 19.6 Å². The number of amides is 1. The van der Waals surface area contributed by atoms with E-state index in [2.05, 4.69) is 0 Å². The van der Waals surface area contributed by atoms with E-state index in [0.29, 0.717) is 11.1 Å². The van der Waals surface area contributed by atoms with Gasteiger partial charge in [0.05, 0.1) is 0 Å². The van der Waals surface area contributed by atoms with Gasteiger partial charge in [-0.05, 0) is 18.6 Å². The smallest absolute Gasteiger partial charge is 0.325 e. The first kappa shape index (κ1) is 11.0. The van der Waals surface area contributed by atoms with E-state index in [-0.39, 0.29) is 6.54 Å². The van der Waals surface area contributed by atoms with Gasteiger partial charge in [0.1, 0.15) is 6.54 Å². The Morgan fingerprint density at radius 1 is 1.38 bits per heavy atom. The molecule has 5 heteroatoms. The first-order valence-corrected chi connectivity index (χ1v) is 4.82. The summed E-state index contributed by atoms with van der Waals surface area (Å²) in [4.78, 5) is 12.5. The number of carbonyl (C=O) groups excluding carboxylic acids is 1. The van der Waals surface area contributed by atoms with Crippen LogP contribution in [0.2, 0.25) is 0 Å². The average Bonchev–Trinajstić information content (AvgIpc) is 2.42. The minimum Gasteiger partial charge on any atom is -0.325 e. The van der Waals surface area contributed by atoms with Crippen molar-refractivity contribution in [3.8, 4) is 0 Å². The Morgan fingerprint density at radius 3 is 2.69 bits per heavy atom. The summed E-state index contributed by atoms with van der Waals surface area (Å²) in [6.45, 7) is 0.674. The van der Waals surface area contributed by atoms with Gasteiger partial charge in [0.2, 0.25) is 0 Å². The summed E-state index contributed by atoms with van der Waals surface area (Å²) >= 11 is 0. The first-order valence-electron chi connectivity index (χ1n) is 4.82. The van der Waals surface area contributed by atoms with Crippen LogP contribution in [0.4, 0.5) is 13.2 Å². The van der Waals surface area contributed by atoms with Crippen molar-refractivity contribution in [2.24, 2.45) is 0 Å². The van der Waals surface area contributed by atoms with Gasteiger partial charge in [-0.2, -0.15) is 13.2 Å². The van der Waals surface area contributed by atoms with Crippen molar-refractivity contribution in [2.75, 3.05) is 6.54 Å². The highest BCUT2D eigenvalue weighted by atomic mass is 19.4. The zero-order valence-corrected chi connectivity index (χ0v) is 8.64. The average molecular weight is 229 g/mol. The SMILES string of the molecule is Cc1ccc2c(c1)C(=O)N(CC(F)(F)F)C2. The molecule has 0 fully saturated rings. The second kappa shape index (κ2) is 3.50. The zero-order valence-electron chi connectivity index (χ0n) is 8.64. The topological polar surface area (TPSA) is 20.3 Å². The molecule has 1 aromatic carbocycles. The predicted octanol–water partition coefficient (Wildman–Crippen LogP) is 2.51. The quantitative estimate of drug-likeness (QED) is 0.724. The zero-order chi connectivity index (χ0) is 11.9. The molecule has 0 radical (unpaired) electrons. The van der Waals surface area contributed by atoms with Crippen molar-refractivity contribution in [1.82, 2.24) is 4.90 Å². The van der Waals surface area contributed by atoms with Crippen molar-refractivity contribution < 1.29 is 18.0 Å². The van der Waals surface area contributed by atoms with E-state index in [1.807, 2.05) is 0 Å². The van der Waals surface area contributed by atoms with E-state index in [9.17, 15) is 18.0 Å². The maximum Gasteiger partial charge on any atom is 0.406 e. The molecule has 1 amide bonds. The van der Waals surface area contributed by atoms with Gasteiger partial charge in [-0.3, -0.25) is 4.79 Å². The summed E-state index contributed by atoms with van der Waals surface area (Å²) in [7, 11) is 0. The molecule has 0 N–H and O–H groups in total. The van der Waals surface area contributed by atoms with Gasteiger partial charge in [-0.15, -0.1) is 0 Å². The molecule has 0 saturated carbocycles. The van der Waals surface area contributed by atoms with Gasteiger partial charge in [-0.1, -0.05) is 17.7 Å². The third-order valence-corrected chi connectivity index (χ3v) is 2.51. The molecule has 2 rings (SSSR count). The molecule has 0 bridgehead atoms. The van der Waals surface area contributed by atoms with Crippen LogP contribution in [0.5, 0.6) is 0 Å². The number of hydrogen-bond donors (Lipinski definition) is 0. The summed E-state index contributed by atoms with van der Waals surface area (Å²) in [5, 5.41) is 0. The molecule has 1 heterocycles. The van der Waals surface area contributed by atoms with Gasteiger partial charge in [0.15, 0.2) is 0 Å². The predicted molar refractivity (Wildman–Crippen MR) is 52.0 cm³/mol. The highest BCUT2D eigenvalue weighted by Crippen LogP contribution is 2.27. The Balaban J connectivity index is 2.25. The van der Waals surface area contributed by atoms with Crippen LogP contribution in [0.3, 0.4) is 0 Å². The number of nitrogens with zero attached hydrogens (tertiary/aromatic N) is 1. The van der Waals surface area contributed by atoms with Gasteiger partial charge in [0, 0.05) is 12.1 Å². The van der Waals surface area contributed by atoms with Crippen molar-refractivity contribution in [1.29, 1.82) is 0 Å². The Labute approximate surface area is 90.7 Å². The fraction of sp³-hybridized carbons (Fsp3) is 0.364. The lowest BCUT2D eigenvalue weighted by molar-refractivity contribution is -0.140. The highest BCUT2D eigenvalue weighted by molar-refractivity contribution is 5.98. The molecular weight excluding hydrogens is 219 g/mol. The maximum absolute atomic E-state index is 12.2. The summed E-state index contributed by atoms with van der Waals surface area (Å²) in [6.07, 6.45) is -4.34. The van der Waals surface area contributed by atoms with Crippen molar-refractivity contribution in [3.05, 3.63) is 34.9 Å². The van der Waals surface area contributed by atoms with Crippen LogP contribution < -0.4 is 0 Å². The molecule has 86 valence electrons.